The van der Waals surface area contributed by atoms with Crippen LogP contribution in [0.5, 0.6) is 5.75 Å². The van der Waals surface area contributed by atoms with E-state index in [9.17, 15) is 0 Å². The minimum atomic E-state index is 0.256. The second kappa shape index (κ2) is 8.31. The highest BCUT2D eigenvalue weighted by molar-refractivity contribution is 7.99. The van der Waals surface area contributed by atoms with Crippen molar-refractivity contribution in [3.8, 4) is 22.8 Å². The van der Waals surface area contributed by atoms with E-state index in [2.05, 4.69) is 58.1 Å². The van der Waals surface area contributed by atoms with Crippen molar-refractivity contribution in [2.45, 2.75) is 17.3 Å². The lowest BCUT2D eigenvalue weighted by Crippen LogP contribution is -2.00. The molecule has 0 aliphatic carbocycles. The number of hydrogen-bond donors (Lipinski definition) is 0. The van der Waals surface area contributed by atoms with E-state index in [0.717, 1.165) is 28.0 Å². The van der Waals surface area contributed by atoms with Gasteiger partial charge in [-0.15, -0.1) is 10.2 Å². The zero-order valence-corrected chi connectivity index (χ0v) is 16.6. The summed E-state index contributed by atoms with van der Waals surface area (Å²) in [5, 5.41) is 10.2. The zero-order valence-electron chi connectivity index (χ0n) is 15.8. The van der Waals surface area contributed by atoms with Crippen LogP contribution in [-0.2, 0) is 0 Å². The van der Waals surface area contributed by atoms with Gasteiger partial charge in [-0.1, -0.05) is 72.4 Å². The average Bonchev–Trinajstić information content (AvgIpc) is 3.18. The molecule has 0 saturated heterocycles. The molecule has 0 aliphatic rings. The minimum absolute atomic E-state index is 0.256. The van der Waals surface area contributed by atoms with Crippen molar-refractivity contribution in [2.24, 2.45) is 0 Å². The van der Waals surface area contributed by atoms with Crippen molar-refractivity contribution in [2.75, 3.05) is 7.11 Å². The lowest BCUT2D eigenvalue weighted by Gasteiger charge is -2.14. The third-order valence-electron chi connectivity index (χ3n) is 4.53. The van der Waals surface area contributed by atoms with E-state index in [1.165, 1.54) is 5.56 Å². The Hall–Kier alpha value is -3.05. The molecule has 0 saturated carbocycles. The number of ether oxygens (including phenoxy) is 1. The highest BCUT2D eigenvalue weighted by Crippen LogP contribution is 2.37. The van der Waals surface area contributed by atoms with Crippen LogP contribution < -0.4 is 4.74 Å². The van der Waals surface area contributed by atoms with Crippen LogP contribution in [0.25, 0.3) is 17.1 Å². The fourth-order valence-corrected chi connectivity index (χ4v) is 4.05. The number of thioether (sulfide) groups is 1. The summed E-state index contributed by atoms with van der Waals surface area (Å²) in [6.07, 6.45) is 0. The summed E-state index contributed by atoms with van der Waals surface area (Å²) in [6, 6.07) is 28.6. The summed E-state index contributed by atoms with van der Waals surface area (Å²) in [6.45, 7) is 2.19. The monoisotopic (exact) mass is 387 g/mol. The number of nitrogens with zero attached hydrogens (tertiary/aromatic N) is 3. The molecule has 3 aromatic carbocycles. The molecule has 1 aromatic heterocycles. The van der Waals surface area contributed by atoms with Crippen molar-refractivity contribution in [1.29, 1.82) is 0 Å². The highest BCUT2D eigenvalue weighted by Gasteiger charge is 2.19. The maximum Gasteiger partial charge on any atom is 0.196 e. The van der Waals surface area contributed by atoms with Gasteiger partial charge >= 0.3 is 0 Å². The van der Waals surface area contributed by atoms with Crippen LogP contribution >= 0.6 is 11.8 Å². The Morgan fingerprint density at radius 3 is 2.29 bits per heavy atom. The number of hydrogen-bond acceptors (Lipinski definition) is 4. The molecule has 0 aliphatic heterocycles. The summed E-state index contributed by atoms with van der Waals surface area (Å²) < 4.78 is 7.50. The Kier molecular flexibility index (Phi) is 5.44. The minimum Gasteiger partial charge on any atom is -0.497 e. The predicted octanol–water partition coefficient (Wildman–Crippen LogP) is 5.80. The molecule has 0 bridgehead atoms. The number of methoxy groups -OCH3 is 1. The Morgan fingerprint density at radius 2 is 1.57 bits per heavy atom. The SMILES string of the molecule is COc1cccc(-c2nnc(S[C@H](C)c3ccccc3)n2-c2ccccc2)c1. The topological polar surface area (TPSA) is 39.9 Å². The molecule has 4 aromatic rings. The molecule has 4 nitrogen and oxygen atoms in total. The number of para-hydroxylation sites is 1. The van der Waals surface area contributed by atoms with Crippen molar-refractivity contribution in [3.63, 3.8) is 0 Å². The molecule has 1 heterocycles. The van der Waals surface area contributed by atoms with Crippen LogP contribution in [0.3, 0.4) is 0 Å². The van der Waals surface area contributed by atoms with Crippen molar-refractivity contribution >= 4 is 11.8 Å². The predicted molar refractivity (Wildman–Crippen MR) is 114 cm³/mol. The lowest BCUT2D eigenvalue weighted by molar-refractivity contribution is 0.415. The summed E-state index contributed by atoms with van der Waals surface area (Å²) in [5.74, 6) is 1.60. The molecule has 0 N–H and O–H groups in total. The second-order valence-corrected chi connectivity index (χ2v) is 7.69. The van der Waals surface area contributed by atoms with E-state index < -0.39 is 0 Å². The van der Waals surface area contributed by atoms with Gasteiger partial charge < -0.3 is 4.74 Å². The fraction of sp³-hybridized carbons (Fsp3) is 0.130. The standard InChI is InChI=1S/C23H21N3OS/c1-17(18-10-5-3-6-11-18)28-23-25-24-22(19-12-9-15-21(16-19)27-2)26(23)20-13-7-4-8-14-20/h3-17H,1-2H3/t17-/m1/s1. The van der Waals surface area contributed by atoms with Crippen LogP contribution in [-0.4, -0.2) is 21.9 Å². The number of benzene rings is 3. The van der Waals surface area contributed by atoms with Crippen LogP contribution in [0.4, 0.5) is 0 Å². The number of rotatable bonds is 6. The lowest BCUT2D eigenvalue weighted by atomic mass is 10.2. The molecule has 1 atom stereocenters. The molecule has 0 fully saturated rings. The maximum atomic E-state index is 5.39. The Bertz CT molecular complexity index is 1050. The first-order chi connectivity index (χ1) is 13.8. The van der Waals surface area contributed by atoms with Crippen LogP contribution in [0.15, 0.2) is 90.1 Å². The van der Waals surface area contributed by atoms with Crippen molar-refractivity contribution < 1.29 is 4.74 Å². The largest absolute Gasteiger partial charge is 0.497 e. The van der Waals surface area contributed by atoms with E-state index in [0.29, 0.717) is 0 Å². The van der Waals surface area contributed by atoms with Gasteiger partial charge in [0, 0.05) is 16.5 Å². The summed E-state index contributed by atoms with van der Waals surface area (Å²) in [7, 11) is 1.67. The third kappa shape index (κ3) is 3.80. The maximum absolute atomic E-state index is 5.39. The van der Waals surface area contributed by atoms with E-state index in [4.69, 9.17) is 4.74 Å². The third-order valence-corrected chi connectivity index (χ3v) is 5.63. The smallest absolute Gasteiger partial charge is 0.196 e. The molecule has 4 rings (SSSR count). The van der Waals surface area contributed by atoms with E-state index in [-0.39, 0.29) is 5.25 Å². The molecule has 0 spiro atoms. The second-order valence-electron chi connectivity index (χ2n) is 6.38. The first-order valence-electron chi connectivity index (χ1n) is 9.13. The molecular weight excluding hydrogens is 366 g/mol. The van der Waals surface area contributed by atoms with Gasteiger partial charge in [-0.2, -0.15) is 0 Å². The first-order valence-corrected chi connectivity index (χ1v) is 10.0. The van der Waals surface area contributed by atoms with Crippen molar-refractivity contribution in [1.82, 2.24) is 14.8 Å². The number of aromatic nitrogens is 3. The molecule has 28 heavy (non-hydrogen) atoms. The van der Waals surface area contributed by atoms with E-state index >= 15 is 0 Å². The molecule has 0 radical (unpaired) electrons. The van der Waals surface area contributed by atoms with Crippen molar-refractivity contribution in [3.05, 3.63) is 90.5 Å². The molecule has 0 amide bonds. The Balaban J connectivity index is 1.78. The zero-order chi connectivity index (χ0) is 19.3. The van der Waals surface area contributed by atoms with Crippen LogP contribution in [0, 0.1) is 0 Å². The molecule has 0 unspecified atom stereocenters. The summed E-state index contributed by atoms with van der Waals surface area (Å²) >= 11 is 1.70. The molecule has 140 valence electrons. The Morgan fingerprint density at radius 1 is 0.857 bits per heavy atom. The molecular formula is C23H21N3OS. The average molecular weight is 388 g/mol. The van der Waals surface area contributed by atoms with Gasteiger partial charge in [0.15, 0.2) is 11.0 Å². The van der Waals surface area contributed by atoms with Gasteiger partial charge in [-0.25, -0.2) is 0 Å². The molecule has 5 heteroatoms. The van der Waals surface area contributed by atoms with Crippen LogP contribution in [0.2, 0.25) is 0 Å². The Labute approximate surface area is 169 Å². The van der Waals surface area contributed by atoms with Gasteiger partial charge in [0.25, 0.3) is 0 Å². The summed E-state index contributed by atoms with van der Waals surface area (Å²) in [4.78, 5) is 0. The first kappa shape index (κ1) is 18.3. The quantitative estimate of drug-likeness (QED) is 0.392. The van der Waals surface area contributed by atoms with E-state index in [1.807, 2.05) is 48.5 Å². The van der Waals surface area contributed by atoms with Gasteiger partial charge in [0.05, 0.1) is 7.11 Å². The highest BCUT2D eigenvalue weighted by atomic mass is 32.2. The van der Waals surface area contributed by atoms with Gasteiger partial charge in [0.2, 0.25) is 0 Å². The van der Waals surface area contributed by atoms with Crippen LogP contribution in [0.1, 0.15) is 17.7 Å². The van der Waals surface area contributed by atoms with E-state index in [1.54, 1.807) is 18.9 Å². The van der Waals surface area contributed by atoms with Gasteiger partial charge in [-0.05, 0) is 36.8 Å². The normalized spacial score (nSPS) is 11.9. The summed E-state index contributed by atoms with van der Waals surface area (Å²) in [5.41, 5.74) is 3.26. The van der Waals surface area contributed by atoms with Gasteiger partial charge in [0.1, 0.15) is 5.75 Å². The fourth-order valence-electron chi connectivity index (χ4n) is 3.06. The van der Waals surface area contributed by atoms with Gasteiger partial charge in [-0.3, -0.25) is 4.57 Å².